The molecule has 0 aliphatic heterocycles. The minimum atomic E-state index is -0.982. The lowest BCUT2D eigenvalue weighted by Gasteiger charge is -2.16. The Morgan fingerprint density at radius 3 is 2.59 bits per heavy atom. The molecule has 0 aliphatic carbocycles. The number of rotatable bonds is 6. The summed E-state index contributed by atoms with van der Waals surface area (Å²) in [5, 5.41) is 18.5. The van der Waals surface area contributed by atoms with Crippen LogP contribution in [0, 0.1) is 0 Å². The number of benzene rings is 1. The van der Waals surface area contributed by atoms with E-state index < -0.39 is 17.9 Å². The molecule has 116 valence electrons. The topological polar surface area (TPSA) is 95.1 Å². The summed E-state index contributed by atoms with van der Waals surface area (Å²) >= 11 is 3.33. The fourth-order valence-corrected chi connectivity index (χ4v) is 2.28. The first kappa shape index (κ1) is 16.2. The van der Waals surface area contributed by atoms with E-state index in [4.69, 9.17) is 5.11 Å². The van der Waals surface area contributed by atoms with Crippen LogP contribution in [0.2, 0.25) is 0 Å². The van der Waals surface area contributed by atoms with Gasteiger partial charge in [-0.2, -0.15) is 5.10 Å². The predicted octanol–water partition coefficient (Wildman–Crippen LogP) is 2.68. The van der Waals surface area contributed by atoms with Gasteiger partial charge in [0.05, 0.1) is 12.5 Å². The third-order valence-corrected chi connectivity index (χ3v) is 3.73. The van der Waals surface area contributed by atoms with E-state index in [9.17, 15) is 9.59 Å². The van der Waals surface area contributed by atoms with E-state index in [1.807, 2.05) is 6.92 Å². The van der Waals surface area contributed by atoms with Gasteiger partial charge >= 0.3 is 5.97 Å². The maximum atomic E-state index is 12.2. The number of aromatic nitrogens is 2. The van der Waals surface area contributed by atoms with E-state index in [0.717, 1.165) is 22.2 Å². The Labute approximate surface area is 136 Å². The van der Waals surface area contributed by atoms with Gasteiger partial charge < -0.3 is 10.4 Å². The average Bonchev–Trinajstić information content (AvgIpc) is 2.96. The summed E-state index contributed by atoms with van der Waals surface area (Å²) in [5.74, 6) is -1.38. The molecule has 0 bridgehead atoms. The third-order valence-electron chi connectivity index (χ3n) is 3.20. The first-order valence-electron chi connectivity index (χ1n) is 6.82. The zero-order valence-electron chi connectivity index (χ0n) is 12.0. The van der Waals surface area contributed by atoms with Crippen molar-refractivity contribution in [3.8, 4) is 0 Å². The van der Waals surface area contributed by atoms with Crippen molar-refractivity contribution < 1.29 is 14.7 Å². The summed E-state index contributed by atoms with van der Waals surface area (Å²) in [5.41, 5.74) is 1.83. The Morgan fingerprint density at radius 1 is 1.36 bits per heavy atom. The van der Waals surface area contributed by atoms with Crippen molar-refractivity contribution in [2.45, 2.75) is 25.8 Å². The molecule has 0 saturated heterocycles. The number of carbonyl (C=O) groups excluding carboxylic acids is 1. The van der Waals surface area contributed by atoms with Crippen molar-refractivity contribution in [1.82, 2.24) is 15.5 Å². The second-order valence-corrected chi connectivity index (χ2v) is 5.72. The fourth-order valence-electron chi connectivity index (χ4n) is 2.01. The van der Waals surface area contributed by atoms with E-state index in [1.54, 1.807) is 30.3 Å². The fraction of sp³-hybridized carbons (Fsp3) is 0.267. The maximum Gasteiger partial charge on any atom is 0.305 e. The molecular formula is C15H16BrN3O3. The summed E-state index contributed by atoms with van der Waals surface area (Å²) in [6.45, 7) is 1.95. The number of aromatic amines is 1. The smallest absolute Gasteiger partial charge is 0.305 e. The second kappa shape index (κ2) is 7.22. The molecule has 1 unspecified atom stereocenters. The number of hydrogen-bond donors (Lipinski definition) is 3. The molecule has 2 aromatic rings. The Balaban J connectivity index is 2.17. The molecule has 1 heterocycles. The van der Waals surface area contributed by atoms with Crippen molar-refractivity contribution in [3.63, 3.8) is 0 Å². The summed E-state index contributed by atoms with van der Waals surface area (Å²) in [6, 6.07) is 8.22. The summed E-state index contributed by atoms with van der Waals surface area (Å²) in [6.07, 6.45) is 0.546. The van der Waals surface area contributed by atoms with E-state index in [0.29, 0.717) is 0 Å². The van der Waals surface area contributed by atoms with Gasteiger partial charge in [0, 0.05) is 10.2 Å². The van der Waals surface area contributed by atoms with Crippen LogP contribution in [-0.4, -0.2) is 27.2 Å². The van der Waals surface area contributed by atoms with Gasteiger partial charge in [-0.25, -0.2) is 0 Å². The van der Waals surface area contributed by atoms with Gasteiger partial charge in [0.15, 0.2) is 0 Å². The quantitative estimate of drug-likeness (QED) is 0.733. The van der Waals surface area contributed by atoms with Gasteiger partial charge in [0.1, 0.15) is 5.69 Å². The molecule has 3 N–H and O–H groups in total. The van der Waals surface area contributed by atoms with Crippen LogP contribution in [0.4, 0.5) is 0 Å². The molecule has 0 radical (unpaired) electrons. The zero-order chi connectivity index (χ0) is 16.1. The maximum absolute atomic E-state index is 12.2. The van der Waals surface area contributed by atoms with E-state index in [-0.39, 0.29) is 12.1 Å². The summed E-state index contributed by atoms with van der Waals surface area (Å²) in [7, 11) is 0. The van der Waals surface area contributed by atoms with Crippen LogP contribution in [0.25, 0.3) is 0 Å². The van der Waals surface area contributed by atoms with Gasteiger partial charge in [-0.05, 0) is 30.2 Å². The number of nitrogens with one attached hydrogen (secondary N) is 2. The number of carbonyl (C=O) groups is 2. The molecule has 2 rings (SSSR count). The minimum absolute atomic E-state index is 0.196. The number of carboxylic acid groups (broad SMARTS) is 1. The first-order valence-corrected chi connectivity index (χ1v) is 7.61. The number of H-pyrrole nitrogens is 1. The lowest BCUT2D eigenvalue weighted by Crippen LogP contribution is -2.30. The lowest BCUT2D eigenvalue weighted by atomic mass is 10.0. The van der Waals surface area contributed by atoms with Crippen molar-refractivity contribution in [2.24, 2.45) is 0 Å². The monoisotopic (exact) mass is 365 g/mol. The average molecular weight is 366 g/mol. The number of carboxylic acids is 1. The number of aryl methyl sites for hydroxylation is 1. The summed E-state index contributed by atoms with van der Waals surface area (Å²) in [4.78, 5) is 23.2. The van der Waals surface area contributed by atoms with Crippen LogP contribution in [0.5, 0.6) is 0 Å². The normalized spacial score (nSPS) is 11.9. The molecule has 1 amide bonds. The molecule has 1 aromatic heterocycles. The van der Waals surface area contributed by atoms with Crippen LogP contribution in [-0.2, 0) is 11.2 Å². The van der Waals surface area contributed by atoms with Crippen molar-refractivity contribution >= 4 is 27.8 Å². The van der Waals surface area contributed by atoms with Crippen LogP contribution < -0.4 is 5.32 Å². The summed E-state index contributed by atoms with van der Waals surface area (Å²) < 4.78 is 0.886. The number of hydrogen-bond acceptors (Lipinski definition) is 3. The van der Waals surface area contributed by atoms with E-state index in [1.165, 1.54) is 0 Å². The Hall–Kier alpha value is -2.15. The SMILES string of the molecule is CCc1cc(C(=O)NC(CC(=O)O)c2ccc(Br)cc2)n[nH]1. The molecule has 22 heavy (non-hydrogen) atoms. The van der Waals surface area contributed by atoms with Crippen LogP contribution in [0.1, 0.15) is 41.1 Å². The molecule has 1 aromatic carbocycles. The van der Waals surface area contributed by atoms with Crippen molar-refractivity contribution in [3.05, 3.63) is 51.8 Å². The predicted molar refractivity (Wildman–Crippen MR) is 84.6 cm³/mol. The molecule has 0 saturated carbocycles. The molecule has 6 nitrogen and oxygen atoms in total. The number of amides is 1. The zero-order valence-corrected chi connectivity index (χ0v) is 13.6. The van der Waals surface area contributed by atoms with E-state index in [2.05, 4.69) is 31.4 Å². The van der Waals surface area contributed by atoms with Crippen LogP contribution >= 0.6 is 15.9 Å². The standard InChI is InChI=1S/C15H16BrN3O3/c1-2-11-7-13(19-18-11)15(22)17-12(8-14(20)21)9-3-5-10(16)6-4-9/h3-7,12H,2,8H2,1H3,(H,17,22)(H,18,19)(H,20,21). The minimum Gasteiger partial charge on any atom is -0.481 e. The van der Waals surface area contributed by atoms with Gasteiger partial charge in [-0.3, -0.25) is 14.7 Å². The Morgan fingerprint density at radius 2 is 2.05 bits per heavy atom. The van der Waals surface area contributed by atoms with Crippen molar-refractivity contribution in [2.75, 3.05) is 0 Å². The van der Waals surface area contributed by atoms with Crippen LogP contribution in [0.3, 0.4) is 0 Å². The Bertz CT molecular complexity index is 667. The van der Waals surface area contributed by atoms with Crippen molar-refractivity contribution in [1.29, 1.82) is 0 Å². The third kappa shape index (κ3) is 4.17. The van der Waals surface area contributed by atoms with Gasteiger partial charge in [-0.1, -0.05) is 35.0 Å². The Kier molecular flexibility index (Phi) is 5.32. The number of aliphatic carboxylic acids is 1. The van der Waals surface area contributed by atoms with Gasteiger partial charge in [-0.15, -0.1) is 0 Å². The second-order valence-electron chi connectivity index (χ2n) is 4.81. The highest BCUT2D eigenvalue weighted by Crippen LogP contribution is 2.20. The highest BCUT2D eigenvalue weighted by molar-refractivity contribution is 9.10. The van der Waals surface area contributed by atoms with Gasteiger partial charge in [0.25, 0.3) is 5.91 Å². The number of halogens is 1. The number of nitrogens with zero attached hydrogens (tertiary/aromatic N) is 1. The lowest BCUT2D eigenvalue weighted by molar-refractivity contribution is -0.137. The largest absolute Gasteiger partial charge is 0.481 e. The molecule has 7 heteroatoms. The molecule has 1 atom stereocenters. The van der Waals surface area contributed by atoms with Gasteiger partial charge in [0.2, 0.25) is 0 Å². The first-order chi connectivity index (χ1) is 10.5. The highest BCUT2D eigenvalue weighted by Gasteiger charge is 2.20. The van der Waals surface area contributed by atoms with E-state index >= 15 is 0 Å². The van der Waals surface area contributed by atoms with Crippen LogP contribution in [0.15, 0.2) is 34.8 Å². The molecular weight excluding hydrogens is 350 g/mol. The molecule has 0 fully saturated rings. The molecule has 0 aliphatic rings. The highest BCUT2D eigenvalue weighted by atomic mass is 79.9. The molecule has 0 spiro atoms.